The van der Waals surface area contributed by atoms with Crippen molar-refractivity contribution in [3.8, 4) is 5.88 Å². The highest BCUT2D eigenvalue weighted by Crippen LogP contribution is 2.39. The first-order valence-corrected chi connectivity index (χ1v) is 10.6. The summed E-state index contributed by atoms with van der Waals surface area (Å²) in [5.41, 5.74) is 3.11. The number of non-ortho nitro benzene ring substituents is 1. The Balaban J connectivity index is 1.87. The van der Waals surface area contributed by atoms with E-state index in [1.807, 2.05) is 32.1 Å². The molecule has 1 aromatic carbocycles. The molecule has 2 aromatic heterocycles. The third kappa shape index (κ3) is 5.43. The zero-order valence-electron chi connectivity index (χ0n) is 17.7. The Hall–Kier alpha value is -3.33. The number of carbonyl (C=O) groups excluding carboxylic acids is 1. The molecular formula is C22H24N4O4S. The molecule has 162 valence electrons. The van der Waals surface area contributed by atoms with Crippen LogP contribution in [0.1, 0.15) is 29.3 Å². The average molecular weight is 441 g/mol. The predicted molar refractivity (Wildman–Crippen MR) is 121 cm³/mol. The summed E-state index contributed by atoms with van der Waals surface area (Å²) >= 11 is 1.57. The van der Waals surface area contributed by atoms with Crippen LogP contribution >= 0.6 is 11.3 Å². The maximum absolute atomic E-state index is 11.1. The number of allylic oxidation sites excluding steroid dienone is 1. The molecule has 31 heavy (non-hydrogen) atoms. The summed E-state index contributed by atoms with van der Waals surface area (Å²) in [6.07, 6.45) is 6.02. The Morgan fingerprint density at radius 2 is 1.97 bits per heavy atom. The minimum atomic E-state index is -0.417. The van der Waals surface area contributed by atoms with Crippen LogP contribution in [-0.2, 0) is 17.6 Å². The number of fused-ring (bicyclic) bond motifs is 1. The molecule has 2 heterocycles. The molecule has 0 aliphatic rings. The van der Waals surface area contributed by atoms with Gasteiger partial charge in [-0.3, -0.25) is 10.1 Å². The van der Waals surface area contributed by atoms with Gasteiger partial charge in [-0.1, -0.05) is 12.1 Å². The smallest absolute Gasteiger partial charge is 0.269 e. The molecular weight excluding hydrogens is 416 g/mol. The fourth-order valence-electron chi connectivity index (χ4n) is 3.33. The zero-order chi connectivity index (χ0) is 22.4. The molecule has 0 amide bonds. The fraction of sp³-hybridized carbons (Fsp3) is 0.318. The Labute approximate surface area is 184 Å². The fourth-order valence-corrected chi connectivity index (χ4v) is 4.47. The molecule has 0 fully saturated rings. The van der Waals surface area contributed by atoms with Crippen molar-refractivity contribution in [3.63, 3.8) is 0 Å². The van der Waals surface area contributed by atoms with E-state index in [9.17, 15) is 14.9 Å². The van der Waals surface area contributed by atoms with E-state index in [2.05, 4.69) is 9.97 Å². The summed E-state index contributed by atoms with van der Waals surface area (Å²) in [5.74, 6) is 0.493. The average Bonchev–Trinajstić information content (AvgIpc) is 3.11. The summed E-state index contributed by atoms with van der Waals surface area (Å²) in [7, 11) is 3.93. The standard InChI is InChI=1S/C22H24N4O4S/c1-15(13-25(2)3)20-18(5-4-11-27)19-21(23-14-24-22(19)31-20)30-12-10-16-6-8-17(9-7-16)26(28)29/h6-9,11,13-14H,4-5,10,12H2,1-3H3/b15-13+. The second-order valence-electron chi connectivity index (χ2n) is 7.27. The Morgan fingerprint density at radius 3 is 2.61 bits per heavy atom. The summed E-state index contributed by atoms with van der Waals surface area (Å²) in [4.78, 5) is 34.1. The molecule has 0 aliphatic heterocycles. The normalized spacial score (nSPS) is 11.5. The second kappa shape index (κ2) is 10.1. The number of nitrogens with zero attached hydrogens (tertiary/aromatic N) is 4. The third-order valence-electron chi connectivity index (χ3n) is 4.65. The number of rotatable bonds is 10. The monoisotopic (exact) mass is 440 g/mol. The molecule has 0 bridgehead atoms. The van der Waals surface area contributed by atoms with Gasteiger partial charge in [0.15, 0.2) is 0 Å². The zero-order valence-corrected chi connectivity index (χ0v) is 18.5. The van der Waals surface area contributed by atoms with Crippen molar-refractivity contribution < 1.29 is 14.5 Å². The second-order valence-corrected chi connectivity index (χ2v) is 8.27. The van der Waals surface area contributed by atoms with E-state index in [0.717, 1.165) is 38.1 Å². The van der Waals surface area contributed by atoms with Crippen molar-refractivity contribution in [1.82, 2.24) is 14.9 Å². The molecule has 0 saturated carbocycles. The summed E-state index contributed by atoms with van der Waals surface area (Å²) < 4.78 is 6.00. The first kappa shape index (κ1) is 22.4. The SMILES string of the molecule is C/C(=C\N(C)C)c1sc2ncnc(OCCc3ccc([N+](=O)[O-])cc3)c2c1CCC=O. The maximum Gasteiger partial charge on any atom is 0.269 e. The largest absolute Gasteiger partial charge is 0.477 e. The van der Waals surface area contributed by atoms with Crippen molar-refractivity contribution >= 4 is 39.1 Å². The van der Waals surface area contributed by atoms with Crippen LogP contribution in [0, 0.1) is 10.1 Å². The Morgan fingerprint density at radius 1 is 1.23 bits per heavy atom. The number of thiophene rings is 1. The Bertz CT molecular complexity index is 1110. The van der Waals surface area contributed by atoms with Gasteiger partial charge < -0.3 is 14.4 Å². The van der Waals surface area contributed by atoms with Gasteiger partial charge in [0.05, 0.1) is 16.9 Å². The minimum Gasteiger partial charge on any atom is -0.477 e. The van der Waals surface area contributed by atoms with Gasteiger partial charge in [-0.15, -0.1) is 11.3 Å². The molecule has 0 radical (unpaired) electrons. The van der Waals surface area contributed by atoms with Gasteiger partial charge in [-0.25, -0.2) is 9.97 Å². The molecule has 0 spiro atoms. The van der Waals surface area contributed by atoms with Gasteiger partial charge >= 0.3 is 0 Å². The van der Waals surface area contributed by atoms with E-state index in [4.69, 9.17) is 4.74 Å². The van der Waals surface area contributed by atoms with Gasteiger partial charge in [0.1, 0.15) is 17.4 Å². The van der Waals surface area contributed by atoms with E-state index in [1.54, 1.807) is 23.5 Å². The minimum absolute atomic E-state index is 0.0638. The summed E-state index contributed by atoms with van der Waals surface area (Å²) in [6, 6.07) is 6.43. The lowest BCUT2D eigenvalue weighted by molar-refractivity contribution is -0.384. The number of benzene rings is 1. The van der Waals surface area contributed by atoms with E-state index in [0.29, 0.717) is 31.7 Å². The van der Waals surface area contributed by atoms with Gasteiger partial charge in [-0.05, 0) is 30.0 Å². The van der Waals surface area contributed by atoms with Crippen LogP contribution in [0.15, 0.2) is 36.8 Å². The lowest BCUT2D eigenvalue weighted by atomic mass is 10.0. The van der Waals surface area contributed by atoms with Crippen LogP contribution in [0.3, 0.4) is 0 Å². The van der Waals surface area contributed by atoms with Gasteiger partial charge in [0.2, 0.25) is 5.88 Å². The number of carbonyl (C=O) groups is 1. The van der Waals surface area contributed by atoms with Crippen molar-refractivity contribution in [1.29, 1.82) is 0 Å². The van der Waals surface area contributed by atoms with Crippen LogP contribution in [-0.4, -0.2) is 46.8 Å². The molecule has 0 N–H and O–H groups in total. The van der Waals surface area contributed by atoms with E-state index in [1.165, 1.54) is 18.5 Å². The number of aromatic nitrogens is 2. The highest BCUT2D eigenvalue weighted by atomic mass is 32.1. The van der Waals surface area contributed by atoms with Gasteiger partial charge in [0, 0.05) is 50.1 Å². The first-order chi connectivity index (χ1) is 14.9. The predicted octanol–water partition coefficient (Wildman–Crippen LogP) is 4.27. The first-order valence-electron chi connectivity index (χ1n) is 9.82. The van der Waals surface area contributed by atoms with Crippen LogP contribution in [0.2, 0.25) is 0 Å². The number of aldehydes is 1. The summed E-state index contributed by atoms with van der Waals surface area (Å²) in [5, 5.41) is 11.6. The van der Waals surface area contributed by atoms with Crippen LogP contribution in [0.4, 0.5) is 5.69 Å². The number of nitro benzene ring substituents is 1. The number of hydrogen-bond acceptors (Lipinski definition) is 8. The van der Waals surface area contributed by atoms with Crippen LogP contribution in [0.5, 0.6) is 5.88 Å². The number of ether oxygens (including phenoxy) is 1. The lowest BCUT2D eigenvalue weighted by Crippen LogP contribution is -2.04. The van der Waals surface area contributed by atoms with Crippen molar-refractivity contribution in [2.24, 2.45) is 0 Å². The molecule has 9 heteroatoms. The van der Waals surface area contributed by atoms with Crippen LogP contribution in [0.25, 0.3) is 15.8 Å². The number of nitro groups is 1. The molecule has 8 nitrogen and oxygen atoms in total. The number of aryl methyl sites for hydroxylation is 1. The summed E-state index contributed by atoms with van der Waals surface area (Å²) in [6.45, 7) is 2.41. The molecule has 0 atom stereocenters. The molecule has 3 rings (SSSR count). The van der Waals surface area contributed by atoms with Crippen LogP contribution < -0.4 is 4.74 Å². The maximum atomic E-state index is 11.1. The van der Waals surface area contributed by atoms with Crippen molar-refractivity contribution in [2.45, 2.75) is 26.2 Å². The van der Waals surface area contributed by atoms with Crippen molar-refractivity contribution in [2.75, 3.05) is 20.7 Å². The Kier molecular flexibility index (Phi) is 7.30. The highest BCUT2D eigenvalue weighted by molar-refractivity contribution is 7.19. The lowest BCUT2D eigenvalue weighted by Gasteiger charge is -2.10. The highest BCUT2D eigenvalue weighted by Gasteiger charge is 2.19. The molecule has 3 aromatic rings. The van der Waals surface area contributed by atoms with E-state index >= 15 is 0 Å². The molecule has 0 unspecified atom stereocenters. The molecule has 0 saturated heterocycles. The van der Waals surface area contributed by atoms with Gasteiger partial charge in [0.25, 0.3) is 5.69 Å². The topological polar surface area (TPSA) is 98.5 Å². The third-order valence-corrected chi connectivity index (χ3v) is 5.93. The van der Waals surface area contributed by atoms with E-state index < -0.39 is 4.92 Å². The number of hydrogen-bond donors (Lipinski definition) is 0. The van der Waals surface area contributed by atoms with E-state index in [-0.39, 0.29) is 5.69 Å². The van der Waals surface area contributed by atoms with Crippen molar-refractivity contribution in [3.05, 3.63) is 62.9 Å². The quantitative estimate of drug-likeness (QED) is 0.264. The van der Waals surface area contributed by atoms with Gasteiger partial charge in [-0.2, -0.15) is 0 Å². The molecule has 0 aliphatic carbocycles.